The molecular weight excluding hydrogens is 873 g/mol. The van der Waals surface area contributed by atoms with Crippen molar-refractivity contribution in [3.63, 3.8) is 0 Å². The fourth-order valence-electron chi connectivity index (χ4n) is 8.26. The number of fused-ring (bicyclic) bond motifs is 2. The number of esters is 4. The number of rotatable bonds is 19. The first-order valence-electron chi connectivity index (χ1n) is 22.1. The van der Waals surface area contributed by atoms with Gasteiger partial charge in [0.1, 0.15) is 57.8 Å². The highest BCUT2D eigenvalue weighted by Crippen LogP contribution is 2.56. The predicted molar refractivity (Wildman–Crippen MR) is 257 cm³/mol. The Balaban J connectivity index is 1.78. The van der Waals surface area contributed by atoms with Gasteiger partial charge >= 0.3 is 23.9 Å². The molecule has 0 aliphatic heterocycles. The lowest BCUT2D eigenvalue weighted by Gasteiger charge is -2.28. The van der Waals surface area contributed by atoms with Crippen molar-refractivity contribution in [2.45, 2.75) is 78.8 Å². The normalized spacial score (nSPS) is 12.0. The molecule has 6 rings (SSSR count). The standard InChI is InChI=1S/C54H58O14/c1-29(2)65-49-43(37-25-35(23-31(5)67-51(55)33-19-15-13-16-20-33)41(59-7)27-39(37)47(61-9)45(49)53(57)63-11)44-38-26-36(24-32(6)68-52(56)34-21-17-14-18-22-34)42(60-8)28-40(38)48(62-10)46(54(58)64-12)50(44)66-30(3)4/h13-22,25-32H,23-24H2,1-12H3/t31-,32-/m1/s1. The molecule has 0 aliphatic rings. The van der Waals surface area contributed by atoms with Gasteiger partial charge in [0.2, 0.25) is 0 Å². The van der Waals surface area contributed by atoms with Crippen LogP contribution in [0.1, 0.15) is 94.1 Å². The average molecular weight is 931 g/mol. The largest absolute Gasteiger partial charge is 0.496 e. The topological polar surface area (TPSA) is 161 Å². The summed E-state index contributed by atoms with van der Waals surface area (Å²) < 4.78 is 60.4. The fourth-order valence-corrected chi connectivity index (χ4v) is 8.26. The van der Waals surface area contributed by atoms with E-state index in [0.29, 0.717) is 66.4 Å². The third kappa shape index (κ3) is 10.4. The molecule has 0 N–H and O–H groups in total. The van der Waals surface area contributed by atoms with Gasteiger partial charge in [0, 0.05) is 34.7 Å². The maximum Gasteiger partial charge on any atom is 0.345 e. The summed E-state index contributed by atoms with van der Waals surface area (Å²) in [6.07, 6.45) is -2.01. The highest BCUT2D eigenvalue weighted by Gasteiger charge is 2.36. The van der Waals surface area contributed by atoms with E-state index >= 15 is 0 Å². The molecule has 0 radical (unpaired) electrons. The first-order valence-corrected chi connectivity index (χ1v) is 22.1. The maximum absolute atomic E-state index is 14.3. The third-order valence-electron chi connectivity index (χ3n) is 11.0. The zero-order valence-corrected chi connectivity index (χ0v) is 40.5. The summed E-state index contributed by atoms with van der Waals surface area (Å²) in [5, 5.41) is 1.76. The van der Waals surface area contributed by atoms with E-state index in [1.807, 2.05) is 52.0 Å². The van der Waals surface area contributed by atoms with Crippen LogP contribution in [0.5, 0.6) is 34.5 Å². The zero-order valence-electron chi connectivity index (χ0n) is 40.5. The summed E-state index contributed by atoms with van der Waals surface area (Å²) >= 11 is 0. The van der Waals surface area contributed by atoms with Crippen LogP contribution in [0.2, 0.25) is 0 Å². The van der Waals surface area contributed by atoms with Gasteiger partial charge in [0.25, 0.3) is 0 Å². The third-order valence-corrected chi connectivity index (χ3v) is 11.0. The summed E-state index contributed by atoms with van der Waals surface area (Å²) in [7, 11) is 8.39. The number of ether oxygens (including phenoxy) is 10. The second-order valence-corrected chi connectivity index (χ2v) is 16.5. The van der Waals surface area contributed by atoms with Gasteiger partial charge in [-0.2, -0.15) is 0 Å². The van der Waals surface area contributed by atoms with E-state index in [-0.39, 0.29) is 47.0 Å². The van der Waals surface area contributed by atoms with E-state index < -0.39 is 48.3 Å². The Bertz CT molecular complexity index is 2620. The van der Waals surface area contributed by atoms with Gasteiger partial charge in [-0.3, -0.25) is 0 Å². The maximum atomic E-state index is 14.3. The number of carbonyl (C=O) groups excluding carboxylic acids is 4. The lowest BCUT2D eigenvalue weighted by molar-refractivity contribution is 0.0331. The van der Waals surface area contributed by atoms with Crippen LogP contribution in [0.15, 0.2) is 84.9 Å². The molecule has 14 nitrogen and oxygen atoms in total. The van der Waals surface area contributed by atoms with Crippen molar-refractivity contribution in [2.24, 2.45) is 0 Å². The second-order valence-electron chi connectivity index (χ2n) is 16.5. The molecule has 6 aromatic rings. The molecule has 0 aromatic heterocycles. The quantitative estimate of drug-likeness (QED) is 0.0557. The van der Waals surface area contributed by atoms with Crippen molar-refractivity contribution in [2.75, 3.05) is 42.7 Å². The molecule has 0 unspecified atom stereocenters. The summed E-state index contributed by atoms with van der Waals surface area (Å²) in [5.74, 6) is -1.42. The zero-order chi connectivity index (χ0) is 49.4. The summed E-state index contributed by atoms with van der Waals surface area (Å²) in [5.41, 5.74) is 2.53. The van der Waals surface area contributed by atoms with Crippen LogP contribution < -0.4 is 28.4 Å². The van der Waals surface area contributed by atoms with Crippen LogP contribution in [-0.4, -0.2) is 91.0 Å². The molecule has 14 heteroatoms. The molecule has 0 saturated carbocycles. The van der Waals surface area contributed by atoms with Gasteiger partial charge in [-0.25, -0.2) is 19.2 Å². The van der Waals surface area contributed by atoms with Crippen molar-refractivity contribution < 1.29 is 66.5 Å². The molecule has 0 saturated heterocycles. The van der Waals surface area contributed by atoms with Gasteiger partial charge in [0.05, 0.1) is 66.0 Å². The molecule has 0 fully saturated rings. The van der Waals surface area contributed by atoms with Crippen LogP contribution in [0, 0.1) is 0 Å². The summed E-state index contributed by atoms with van der Waals surface area (Å²) in [6.45, 7) is 10.8. The highest BCUT2D eigenvalue weighted by molar-refractivity contribution is 6.20. The Labute approximate surface area is 396 Å². The lowest BCUT2D eigenvalue weighted by atomic mass is 9.85. The van der Waals surface area contributed by atoms with Crippen molar-refractivity contribution in [3.8, 4) is 45.6 Å². The average Bonchev–Trinajstić information content (AvgIpc) is 3.32. The van der Waals surface area contributed by atoms with Crippen molar-refractivity contribution >= 4 is 45.4 Å². The Hall–Kier alpha value is -7.48. The molecule has 0 spiro atoms. The molecule has 358 valence electrons. The Kier molecular flexibility index (Phi) is 16.1. The van der Waals surface area contributed by atoms with Crippen LogP contribution in [0.4, 0.5) is 0 Å². The lowest BCUT2D eigenvalue weighted by Crippen LogP contribution is -2.18. The molecule has 0 bridgehead atoms. The van der Waals surface area contributed by atoms with E-state index in [4.69, 9.17) is 47.4 Å². The van der Waals surface area contributed by atoms with E-state index in [1.165, 1.54) is 42.7 Å². The first kappa shape index (κ1) is 49.9. The number of methoxy groups -OCH3 is 6. The minimum atomic E-state index is -0.779. The van der Waals surface area contributed by atoms with E-state index in [1.54, 1.807) is 74.5 Å². The minimum absolute atomic E-state index is 0.0503. The smallest absolute Gasteiger partial charge is 0.345 e. The summed E-state index contributed by atoms with van der Waals surface area (Å²) in [6, 6.07) is 24.6. The van der Waals surface area contributed by atoms with Crippen molar-refractivity contribution in [3.05, 3.63) is 118 Å². The number of carbonyl (C=O) groups is 4. The predicted octanol–water partition coefficient (Wildman–Crippen LogP) is 10.4. The number of hydrogen-bond donors (Lipinski definition) is 0. The number of hydrogen-bond acceptors (Lipinski definition) is 14. The van der Waals surface area contributed by atoms with Gasteiger partial charge in [0.15, 0.2) is 0 Å². The van der Waals surface area contributed by atoms with E-state index in [9.17, 15) is 19.2 Å². The van der Waals surface area contributed by atoms with Gasteiger partial charge in [-0.15, -0.1) is 0 Å². The number of benzene rings is 6. The molecular formula is C54H58O14. The highest BCUT2D eigenvalue weighted by atomic mass is 16.6. The van der Waals surface area contributed by atoms with Gasteiger partial charge < -0.3 is 47.4 Å². The van der Waals surface area contributed by atoms with Crippen LogP contribution in [-0.2, 0) is 31.8 Å². The Morgan fingerprint density at radius 3 is 1.07 bits per heavy atom. The van der Waals surface area contributed by atoms with E-state index in [0.717, 1.165) is 0 Å². The second kappa shape index (κ2) is 21.9. The Morgan fingerprint density at radius 1 is 0.426 bits per heavy atom. The first-order chi connectivity index (χ1) is 32.6. The van der Waals surface area contributed by atoms with Crippen LogP contribution >= 0.6 is 0 Å². The molecule has 2 atom stereocenters. The Morgan fingerprint density at radius 2 is 0.779 bits per heavy atom. The SMILES string of the molecule is COC(=O)c1c(OC(C)C)c(-c2c(OC(C)C)c(C(=O)OC)c(OC)c3cc(OC)c(C[C@@H](C)OC(=O)c4ccccc4)cc23)c2cc(C[C@@H](C)OC(=O)c3ccccc3)c(OC)cc2c1OC. The van der Waals surface area contributed by atoms with Crippen molar-refractivity contribution in [1.29, 1.82) is 0 Å². The van der Waals surface area contributed by atoms with Gasteiger partial charge in [-0.1, -0.05) is 36.4 Å². The molecule has 68 heavy (non-hydrogen) atoms. The van der Waals surface area contributed by atoms with Crippen LogP contribution in [0.3, 0.4) is 0 Å². The van der Waals surface area contributed by atoms with Crippen LogP contribution in [0.25, 0.3) is 32.7 Å². The molecule has 6 aromatic carbocycles. The van der Waals surface area contributed by atoms with Gasteiger partial charge in [-0.05, 0) is 112 Å². The summed E-state index contributed by atoms with van der Waals surface area (Å²) in [4.78, 5) is 55.0. The molecule has 0 aliphatic carbocycles. The van der Waals surface area contributed by atoms with E-state index in [2.05, 4.69) is 0 Å². The minimum Gasteiger partial charge on any atom is -0.496 e. The van der Waals surface area contributed by atoms with Crippen molar-refractivity contribution in [1.82, 2.24) is 0 Å². The molecule has 0 amide bonds. The molecule has 0 heterocycles. The monoisotopic (exact) mass is 930 g/mol. The fraction of sp³-hybridized carbons (Fsp3) is 0.333.